The number of nitrogens with one attached hydrogen (secondary N) is 1. The highest BCUT2D eigenvalue weighted by Crippen LogP contribution is 2.18. The van der Waals surface area contributed by atoms with E-state index in [1.54, 1.807) is 0 Å². The molecule has 3 atom stereocenters. The lowest BCUT2D eigenvalue weighted by Gasteiger charge is -2.28. The third kappa shape index (κ3) is 7.20. The van der Waals surface area contributed by atoms with Crippen molar-refractivity contribution in [3.05, 3.63) is 0 Å². The Hall–Kier alpha value is -0.120. The number of hydrogen-bond donors (Lipinski definition) is 1. The lowest BCUT2D eigenvalue weighted by Crippen LogP contribution is -2.34. The van der Waals surface area contributed by atoms with E-state index in [4.69, 9.17) is 9.47 Å². The van der Waals surface area contributed by atoms with Crippen molar-refractivity contribution in [1.29, 1.82) is 0 Å². The Kier molecular flexibility index (Phi) is 7.98. The van der Waals surface area contributed by atoms with E-state index in [1.165, 1.54) is 0 Å². The van der Waals surface area contributed by atoms with Crippen molar-refractivity contribution < 1.29 is 9.47 Å². The summed E-state index contributed by atoms with van der Waals surface area (Å²) in [4.78, 5) is 0. The average Bonchev–Trinajstić information content (AvgIpc) is 2.15. The summed E-state index contributed by atoms with van der Waals surface area (Å²) in [5, 5.41) is 3.04. The maximum atomic E-state index is 5.93. The van der Waals surface area contributed by atoms with E-state index in [1.807, 2.05) is 20.9 Å². The molecule has 0 aliphatic rings. The maximum absolute atomic E-state index is 5.93. The van der Waals surface area contributed by atoms with Crippen molar-refractivity contribution in [3.63, 3.8) is 0 Å². The Bertz CT molecular complexity index is 171. The summed E-state index contributed by atoms with van der Waals surface area (Å²) < 4.78 is 11.6. The molecule has 0 saturated carbocycles. The molecule has 0 bridgehead atoms. The molecule has 0 saturated heterocycles. The van der Waals surface area contributed by atoms with Crippen molar-refractivity contribution in [2.24, 2.45) is 11.8 Å². The molecule has 1 N–H and O–H groups in total. The standard InChI is InChI=1S/C13H29NO2/c1-9(2)8-13(10(3)4)16-12(6)15-11(5)14-7/h9-14H,8H2,1-7H3. The van der Waals surface area contributed by atoms with Gasteiger partial charge in [0.25, 0.3) is 0 Å². The van der Waals surface area contributed by atoms with E-state index in [9.17, 15) is 0 Å². The van der Waals surface area contributed by atoms with E-state index in [0.717, 1.165) is 6.42 Å². The fraction of sp³-hybridized carbons (Fsp3) is 1.00. The Balaban J connectivity index is 4.07. The van der Waals surface area contributed by atoms with Gasteiger partial charge in [0, 0.05) is 0 Å². The topological polar surface area (TPSA) is 30.5 Å². The van der Waals surface area contributed by atoms with Gasteiger partial charge in [0.05, 0.1) is 6.10 Å². The first-order chi connectivity index (χ1) is 7.36. The predicted molar refractivity (Wildman–Crippen MR) is 68.2 cm³/mol. The number of ether oxygens (including phenoxy) is 2. The van der Waals surface area contributed by atoms with Gasteiger partial charge in [-0.1, -0.05) is 27.7 Å². The van der Waals surface area contributed by atoms with Crippen LogP contribution in [0.15, 0.2) is 0 Å². The fourth-order valence-electron chi connectivity index (χ4n) is 1.58. The molecule has 0 rings (SSSR count). The van der Waals surface area contributed by atoms with E-state index in [2.05, 4.69) is 33.0 Å². The Morgan fingerprint density at radius 2 is 1.50 bits per heavy atom. The van der Waals surface area contributed by atoms with Gasteiger partial charge in [-0.25, -0.2) is 0 Å². The minimum atomic E-state index is -0.159. The smallest absolute Gasteiger partial charge is 0.157 e. The molecule has 0 aliphatic heterocycles. The van der Waals surface area contributed by atoms with Gasteiger partial charge < -0.3 is 9.47 Å². The summed E-state index contributed by atoms with van der Waals surface area (Å²) in [5.74, 6) is 1.18. The molecule has 0 amide bonds. The Morgan fingerprint density at radius 3 is 1.88 bits per heavy atom. The zero-order valence-corrected chi connectivity index (χ0v) is 11.9. The van der Waals surface area contributed by atoms with Crippen LogP contribution in [0.3, 0.4) is 0 Å². The molecule has 0 fully saturated rings. The zero-order valence-electron chi connectivity index (χ0n) is 11.9. The molecule has 0 spiro atoms. The van der Waals surface area contributed by atoms with Crippen molar-refractivity contribution in [3.8, 4) is 0 Å². The van der Waals surface area contributed by atoms with Crippen LogP contribution >= 0.6 is 0 Å². The second-order valence-electron chi connectivity index (χ2n) is 5.18. The average molecular weight is 231 g/mol. The lowest BCUT2D eigenvalue weighted by molar-refractivity contribution is -0.196. The lowest BCUT2D eigenvalue weighted by atomic mass is 9.97. The van der Waals surface area contributed by atoms with Crippen molar-refractivity contribution in [2.45, 2.75) is 66.6 Å². The van der Waals surface area contributed by atoms with Gasteiger partial charge in [0.2, 0.25) is 0 Å². The molecule has 0 aromatic rings. The molecule has 0 aromatic carbocycles. The van der Waals surface area contributed by atoms with Crippen molar-refractivity contribution >= 4 is 0 Å². The van der Waals surface area contributed by atoms with Crippen LogP contribution < -0.4 is 5.32 Å². The molecule has 3 nitrogen and oxygen atoms in total. The molecule has 0 aromatic heterocycles. The van der Waals surface area contributed by atoms with Gasteiger partial charge in [-0.05, 0) is 39.2 Å². The van der Waals surface area contributed by atoms with Crippen LogP contribution in [-0.4, -0.2) is 25.7 Å². The van der Waals surface area contributed by atoms with Crippen LogP contribution in [0.2, 0.25) is 0 Å². The molecule has 0 heterocycles. The highest BCUT2D eigenvalue weighted by Gasteiger charge is 2.19. The minimum absolute atomic E-state index is 0.0295. The number of hydrogen-bond acceptors (Lipinski definition) is 3. The second kappa shape index (κ2) is 8.04. The van der Waals surface area contributed by atoms with Gasteiger partial charge in [-0.15, -0.1) is 0 Å². The Labute approximate surface area is 101 Å². The van der Waals surface area contributed by atoms with Crippen LogP contribution in [0.1, 0.15) is 48.0 Å². The summed E-state index contributed by atoms with van der Waals surface area (Å²) in [6, 6.07) is 0. The van der Waals surface area contributed by atoms with Crippen LogP contribution in [-0.2, 0) is 9.47 Å². The van der Waals surface area contributed by atoms with Crippen LogP contribution in [0.5, 0.6) is 0 Å². The van der Waals surface area contributed by atoms with Crippen LogP contribution in [0, 0.1) is 11.8 Å². The maximum Gasteiger partial charge on any atom is 0.157 e. The summed E-state index contributed by atoms with van der Waals surface area (Å²) in [6.07, 6.45) is 1.23. The highest BCUT2D eigenvalue weighted by atomic mass is 16.7. The summed E-state index contributed by atoms with van der Waals surface area (Å²) in [7, 11) is 1.88. The predicted octanol–water partition coefficient (Wildman–Crippen LogP) is 3.00. The monoisotopic (exact) mass is 231 g/mol. The molecule has 3 heteroatoms. The first-order valence-electron chi connectivity index (χ1n) is 6.35. The van der Waals surface area contributed by atoms with Gasteiger partial charge in [0.15, 0.2) is 6.29 Å². The first-order valence-corrected chi connectivity index (χ1v) is 6.35. The second-order valence-corrected chi connectivity index (χ2v) is 5.18. The van der Waals surface area contributed by atoms with Gasteiger partial charge in [-0.2, -0.15) is 0 Å². The van der Waals surface area contributed by atoms with E-state index in [-0.39, 0.29) is 18.6 Å². The molecule has 0 radical (unpaired) electrons. The van der Waals surface area contributed by atoms with E-state index < -0.39 is 0 Å². The summed E-state index contributed by atoms with van der Waals surface area (Å²) in [5.41, 5.74) is 0. The third-order valence-corrected chi connectivity index (χ3v) is 2.62. The Morgan fingerprint density at radius 1 is 0.938 bits per heavy atom. The molecular formula is C13H29NO2. The minimum Gasteiger partial charge on any atom is -0.349 e. The van der Waals surface area contributed by atoms with E-state index >= 15 is 0 Å². The number of rotatable bonds is 8. The molecule has 0 aliphatic carbocycles. The largest absolute Gasteiger partial charge is 0.349 e. The van der Waals surface area contributed by atoms with Crippen molar-refractivity contribution in [2.75, 3.05) is 7.05 Å². The molecule has 16 heavy (non-hydrogen) atoms. The zero-order chi connectivity index (χ0) is 12.7. The molecule has 98 valence electrons. The summed E-state index contributed by atoms with van der Waals surface area (Å²) >= 11 is 0. The van der Waals surface area contributed by atoms with Gasteiger partial charge in [-0.3, -0.25) is 5.32 Å². The normalized spacial score (nSPS) is 17.8. The van der Waals surface area contributed by atoms with E-state index in [0.29, 0.717) is 11.8 Å². The molecule has 3 unspecified atom stereocenters. The highest BCUT2D eigenvalue weighted by molar-refractivity contribution is 4.65. The van der Waals surface area contributed by atoms with Crippen LogP contribution in [0.4, 0.5) is 0 Å². The third-order valence-electron chi connectivity index (χ3n) is 2.62. The summed E-state index contributed by atoms with van der Waals surface area (Å²) in [6.45, 7) is 12.8. The van der Waals surface area contributed by atoms with Crippen molar-refractivity contribution in [1.82, 2.24) is 5.32 Å². The fourth-order valence-corrected chi connectivity index (χ4v) is 1.58. The SMILES string of the molecule is CNC(C)OC(C)OC(CC(C)C)C(C)C. The van der Waals surface area contributed by atoms with Gasteiger partial charge in [0.1, 0.15) is 6.23 Å². The van der Waals surface area contributed by atoms with Crippen LogP contribution in [0.25, 0.3) is 0 Å². The quantitative estimate of drug-likeness (QED) is 0.651. The first kappa shape index (κ1) is 15.9. The molecular weight excluding hydrogens is 202 g/mol. The van der Waals surface area contributed by atoms with Gasteiger partial charge >= 0.3 is 0 Å².